The molecule has 1 aliphatic carbocycles. The van der Waals surface area contributed by atoms with Gasteiger partial charge in [-0.2, -0.15) is 5.26 Å². The Hall–Kier alpha value is -1.08. The van der Waals surface area contributed by atoms with Crippen LogP contribution in [0.1, 0.15) is 51.9 Å². The number of rotatable bonds is 5. The molecule has 96 valence electrons. The average Bonchev–Trinajstić information content (AvgIpc) is 2.39. The van der Waals surface area contributed by atoms with E-state index in [0.29, 0.717) is 32.2 Å². The summed E-state index contributed by atoms with van der Waals surface area (Å²) < 4.78 is 0. The van der Waals surface area contributed by atoms with Crippen molar-refractivity contribution in [2.75, 3.05) is 6.54 Å². The summed E-state index contributed by atoms with van der Waals surface area (Å²) in [5.41, 5.74) is -0.810. The van der Waals surface area contributed by atoms with Gasteiger partial charge in [0, 0.05) is 6.54 Å². The van der Waals surface area contributed by atoms with Gasteiger partial charge in [0.2, 0.25) is 5.91 Å². The highest BCUT2D eigenvalue weighted by Crippen LogP contribution is 2.35. The Morgan fingerprint density at radius 3 is 2.65 bits per heavy atom. The zero-order valence-corrected chi connectivity index (χ0v) is 10.5. The molecule has 0 aromatic heterocycles. The van der Waals surface area contributed by atoms with Crippen molar-refractivity contribution in [1.82, 2.24) is 5.32 Å². The highest BCUT2D eigenvalue weighted by atomic mass is 16.3. The molecular formula is C13H22N2O2. The SMILES string of the molecule is CCC(O)CCNC(=O)C1(C#N)CCCCC1. The Labute approximate surface area is 103 Å². The van der Waals surface area contributed by atoms with E-state index in [2.05, 4.69) is 11.4 Å². The molecule has 4 nitrogen and oxygen atoms in total. The molecule has 1 fully saturated rings. The second-order valence-electron chi connectivity index (χ2n) is 4.86. The fraction of sp³-hybridized carbons (Fsp3) is 0.846. The summed E-state index contributed by atoms with van der Waals surface area (Å²) in [6.45, 7) is 2.36. The minimum Gasteiger partial charge on any atom is -0.393 e. The van der Waals surface area contributed by atoms with E-state index in [-0.39, 0.29) is 12.0 Å². The lowest BCUT2D eigenvalue weighted by atomic mass is 9.74. The van der Waals surface area contributed by atoms with Crippen LogP contribution in [0.4, 0.5) is 0 Å². The zero-order valence-electron chi connectivity index (χ0n) is 10.5. The maximum Gasteiger partial charge on any atom is 0.240 e. The molecule has 1 rings (SSSR count). The van der Waals surface area contributed by atoms with Crippen LogP contribution < -0.4 is 5.32 Å². The Balaban J connectivity index is 2.42. The summed E-state index contributed by atoms with van der Waals surface area (Å²) in [5.74, 6) is -0.150. The van der Waals surface area contributed by atoms with Crippen molar-refractivity contribution in [2.24, 2.45) is 5.41 Å². The molecule has 1 amide bonds. The van der Waals surface area contributed by atoms with E-state index < -0.39 is 5.41 Å². The number of nitriles is 1. The fourth-order valence-electron chi connectivity index (χ4n) is 2.27. The first-order chi connectivity index (χ1) is 8.14. The number of nitrogens with zero attached hydrogens (tertiary/aromatic N) is 1. The van der Waals surface area contributed by atoms with Gasteiger partial charge in [-0.05, 0) is 25.7 Å². The molecule has 4 heteroatoms. The predicted octanol–water partition coefficient (Wildman–Crippen LogP) is 1.74. The smallest absolute Gasteiger partial charge is 0.240 e. The van der Waals surface area contributed by atoms with Crippen LogP contribution >= 0.6 is 0 Å². The molecule has 2 N–H and O–H groups in total. The normalized spacial score (nSPS) is 20.3. The summed E-state index contributed by atoms with van der Waals surface area (Å²) in [5, 5.41) is 21.4. The van der Waals surface area contributed by atoms with E-state index >= 15 is 0 Å². The number of aliphatic hydroxyl groups is 1. The standard InChI is InChI=1S/C13H22N2O2/c1-2-11(16)6-9-15-12(17)13(10-14)7-4-3-5-8-13/h11,16H,2-9H2,1H3,(H,15,17). The fourth-order valence-corrected chi connectivity index (χ4v) is 2.27. The van der Waals surface area contributed by atoms with Gasteiger partial charge in [0.25, 0.3) is 0 Å². The lowest BCUT2D eigenvalue weighted by Gasteiger charge is -2.29. The van der Waals surface area contributed by atoms with E-state index in [9.17, 15) is 15.2 Å². The van der Waals surface area contributed by atoms with Crippen LogP contribution in [0.5, 0.6) is 0 Å². The minimum absolute atomic E-state index is 0.150. The molecule has 0 aromatic carbocycles. The summed E-state index contributed by atoms with van der Waals surface area (Å²) in [6, 6.07) is 2.19. The summed E-state index contributed by atoms with van der Waals surface area (Å²) >= 11 is 0. The highest BCUT2D eigenvalue weighted by molar-refractivity contribution is 5.85. The monoisotopic (exact) mass is 238 g/mol. The third-order valence-corrected chi connectivity index (χ3v) is 3.59. The van der Waals surface area contributed by atoms with Crippen molar-refractivity contribution in [3.63, 3.8) is 0 Å². The van der Waals surface area contributed by atoms with Gasteiger partial charge in [-0.25, -0.2) is 0 Å². The maximum atomic E-state index is 12.0. The Kier molecular flexibility index (Phi) is 5.43. The predicted molar refractivity (Wildman–Crippen MR) is 65.1 cm³/mol. The van der Waals surface area contributed by atoms with Crippen molar-refractivity contribution >= 4 is 5.91 Å². The van der Waals surface area contributed by atoms with E-state index in [1.807, 2.05) is 6.92 Å². The summed E-state index contributed by atoms with van der Waals surface area (Å²) in [4.78, 5) is 12.0. The number of amides is 1. The van der Waals surface area contributed by atoms with Gasteiger partial charge < -0.3 is 10.4 Å². The molecule has 1 atom stereocenters. The summed E-state index contributed by atoms with van der Waals surface area (Å²) in [6.07, 6.45) is 5.27. The molecule has 0 saturated heterocycles. The van der Waals surface area contributed by atoms with Crippen LogP contribution in [0.2, 0.25) is 0 Å². The molecule has 1 unspecified atom stereocenters. The number of hydrogen-bond acceptors (Lipinski definition) is 3. The second kappa shape index (κ2) is 6.61. The van der Waals surface area contributed by atoms with E-state index in [1.54, 1.807) is 0 Å². The number of carbonyl (C=O) groups excluding carboxylic acids is 1. The van der Waals surface area contributed by atoms with Crippen LogP contribution in [0, 0.1) is 16.7 Å². The van der Waals surface area contributed by atoms with Gasteiger partial charge in [0.1, 0.15) is 5.41 Å². The molecule has 17 heavy (non-hydrogen) atoms. The molecule has 0 radical (unpaired) electrons. The minimum atomic E-state index is -0.810. The van der Waals surface area contributed by atoms with Crippen LogP contribution in [0.15, 0.2) is 0 Å². The number of carbonyl (C=O) groups is 1. The van der Waals surface area contributed by atoms with Gasteiger partial charge in [0.15, 0.2) is 0 Å². The van der Waals surface area contributed by atoms with E-state index in [4.69, 9.17) is 0 Å². The van der Waals surface area contributed by atoms with Crippen molar-refractivity contribution < 1.29 is 9.90 Å². The van der Waals surface area contributed by atoms with E-state index in [1.165, 1.54) is 0 Å². The number of nitrogens with one attached hydrogen (secondary N) is 1. The van der Waals surface area contributed by atoms with Crippen LogP contribution in [-0.4, -0.2) is 23.7 Å². The molecule has 0 heterocycles. The summed E-state index contributed by atoms with van der Waals surface area (Å²) in [7, 11) is 0. The van der Waals surface area contributed by atoms with Crippen molar-refractivity contribution in [2.45, 2.75) is 58.0 Å². The van der Waals surface area contributed by atoms with Crippen molar-refractivity contribution in [1.29, 1.82) is 5.26 Å². The third kappa shape index (κ3) is 3.71. The average molecular weight is 238 g/mol. The molecule has 0 aliphatic heterocycles. The second-order valence-corrected chi connectivity index (χ2v) is 4.86. The van der Waals surface area contributed by atoms with Gasteiger partial charge in [-0.3, -0.25) is 4.79 Å². The first-order valence-corrected chi connectivity index (χ1v) is 6.52. The Morgan fingerprint density at radius 1 is 1.47 bits per heavy atom. The lowest BCUT2D eigenvalue weighted by Crippen LogP contribution is -2.42. The first kappa shape index (κ1) is 14.0. The van der Waals surface area contributed by atoms with Crippen LogP contribution in [-0.2, 0) is 4.79 Å². The Morgan fingerprint density at radius 2 is 2.12 bits per heavy atom. The van der Waals surface area contributed by atoms with Crippen LogP contribution in [0.3, 0.4) is 0 Å². The van der Waals surface area contributed by atoms with Gasteiger partial charge in [-0.15, -0.1) is 0 Å². The van der Waals surface area contributed by atoms with Gasteiger partial charge in [0.05, 0.1) is 12.2 Å². The number of aliphatic hydroxyl groups excluding tert-OH is 1. The molecule has 1 aliphatic rings. The Bertz CT molecular complexity index is 290. The van der Waals surface area contributed by atoms with Gasteiger partial charge >= 0.3 is 0 Å². The number of hydrogen-bond donors (Lipinski definition) is 2. The van der Waals surface area contributed by atoms with E-state index in [0.717, 1.165) is 19.3 Å². The lowest BCUT2D eigenvalue weighted by molar-refractivity contribution is -0.129. The third-order valence-electron chi connectivity index (χ3n) is 3.59. The molecule has 0 aromatic rings. The molecule has 1 saturated carbocycles. The molecule has 0 spiro atoms. The zero-order chi connectivity index (χ0) is 12.7. The largest absolute Gasteiger partial charge is 0.393 e. The maximum absolute atomic E-state index is 12.0. The molecular weight excluding hydrogens is 216 g/mol. The first-order valence-electron chi connectivity index (χ1n) is 6.52. The topological polar surface area (TPSA) is 73.1 Å². The quantitative estimate of drug-likeness (QED) is 0.766. The van der Waals surface area contributed by atoms with Gasteiger partial charge in [-0.1, -0.05) is 26.2 Å². The van der Waals surface area contributed by atoms with Crippen molar-refractivity contribution in [3.8, 4) is 6.07 Å². The van der Waals surface area contributed by atoms with Crippen LogP contribution in [0.25, 0.3) is 0 Å². The molecule has 0 bridgehead atoms. The van der Waals surface area contributed by atoms with Crippen molar-refractivity contribution in [3.05, 3.63) is 0 Å². The highest BCUT2D eigenvalue weighted by Gasteiger charge is 2.39.